The molecular weight excluding hydrogens is 275 g/mol. The van der Waals surface area contributed by atoms with Crippen molar-refractivity contribution >= 4 is 5.91 Å². The number of methoxy groups -OCH3 is 1. The van der Waals surface area contributed by atoms with Gasteiger partial charge >= 0.3 is 0 Å². The lowest BCUT2D eigenvalue weighted by Crippen LogP contribution is -2.48. The highest BCUT2D eigenvalue weighted by Gasteiger charge is 2.38. The second kappa shape index (κ2) is 6.87. The van der Waals surface area contributed by atoms with Crippen molar-refractivity contribution in [3.63, 3.8) is 0 Å². The Bertz CT molecular complexity index is 502. The molecule has 0 radical (unpaired) electrons. The summed E-state index contributed by atoms with van der Waals surface area (Å²) in [4.78, 5) is 12.4. The Morgan fingerprint density at radius 3 is 2.76 bits per heavy atom. The van der Waals surface area contributed by atoms with Crippen LogP contribution in [0.15, 0.2) is 18.2 Å². The number of carbonyl (C=O) groups excluding carboxylic acids is 1. The van der Waals surface area contributed by atoms with E-state index in [0.29, 0.717) is 38.2 Å². The van der Waals surface area contributed by atoms with Crippen LogP contribution in [0.25, 0.3) is 0 Å². The number of carbonyl (C=O) groups is 1. The summed E-state index contributed by atoms with van der Waals surface area (Å²) < 4.78 is 23.7. The van der Waals surface area contributed by atoms with Gasteiger partial charge in [0.05, 0.1) is 12.5 Å². The van der Waals surface area contributed by atoms with Crippen molar-refractivity contribution in [3.8, 4) is 5.75 Å². The highest BCUT2D eigenvalue weighted by Crippen LogP contribution is 2.29. The van der Waals surface area contributed by atoms with E-state index in [4.69, 9.17) is 15.2 Å². The molecule has 1 heterocycles. The van der Waals surface area contributed by atoms with Gasteiger partial charge in [0.25, 0.3) is 0 Å². The molecule has 116 valence electrons. The molecule has 0 unspecified atom stereocenters. The molecule has 0 aliphatic carbocycles. The number of halogens is 1. The van der Waals surface area contributed by atoms with Gasteiger partial charge in [-0.15, -0.1) is 0 Å². The molecule has 0 bridgehead atoms. The van der Waals surface area contributed by atoms with Crippen LogP contribution in [0, 0.1) is 11.2 Å². The standard InChI is InChI=1S/C15H21FN2O3/c1-20-13-3-2-11(8-12(13)16)9-18-14(19)15(10-17)4-6-21-7-5-15/h2-3,8H,4-7,9-10,17H2,1H3,(H,18,19). The topological polar surface area (TPSA) is 73.6 Å². The number of hydrogen-bond donors (Lipinski definition) is 2. The van der Waals surface area contributed by atoms with Gasteiger partial charge in [-0.2, -0.15) is 0 Å². The van der Waals surface area contributed by atoms with E-state index in [9.17, 15) is 9.18 Å². The summed E-state index contributed by atoms with van der Waals surface area (Å²) in [6.07, 6.45) is 1.23. The minimum Gasteiger partial charge on any atom is -0.494 e. The zero-order valence-electron chi connectivity index (χ0n) is 12.2. The van der Waals surface area contributed by atoms with E-state index in [1.807, 2.05) is 0 Å². The number of hydrogen-bond acceptors (Lipinski definition) is 4. The molecule has 0 spiro atoms. The minimum atomic E-state index is -0.566. The molecule has 1 saturated heterocycles. The molecule has 3 N–H and O–H groups in total. The van der Waals surface area contributed by atoms with E-state index in [0.717, 1.165) is 0 Å². The van der Waals surface area contributed by atoms with Gasteiger partial charge in [0.15, 0.2) is 11.6 Å². The van der Waals surface area contributed by atoms with E-state index in [1.54, 1.807) is 12.1 Å². The number of amides is 1. The Morgan fingerprint density at radius 1 is 1.48 bits per heavy atom. The maximum Gasteiger partial charge on any atom is 0.227 e. The largest absolute Gasteiger partial charge is 0.494 e. The summed E-state index contributed by atoms with van der Waals surface area (Å²) in [5.41, 5.74) is 5.89. The number of nitrogens with two attached hydrogens (primary N) is 1. The van der Waals surface area contributed by atoms with E-state index in [2.05, 4.69) is 5.32 Å². The number of benzene rings is 1. The zero-order valence-corrected chi connectivity index (χ0v) is 12.2. The van der Waals surface area contributed by atoms with Crippen molar-refractivity contribution in [2.24, 2.45) is 11.1 Å². The van der Waals surface area contributed by atoms with Gasteiger partial charge in [-0.1, -0.05) is 6.07 Å². The maximum absolute atomic E-state index is 13.6. The molecule has 1 fully saturated rings. The van der Waals surface area contributed by atoms with Crippen LogP contribution in [0.1, 0.15) is 18.4 Å². The summed E-state index contributed by atoms with van der Waals surface area (Å²) in [6.45, 7) is 1.64. The smallest absolute Gasteiger partial charge is 0.227 e. The molecule has 1 aliphatic rings. The molecule has 0 atom stereocenters. The van der Waals surface area contributed by atoms with Crippen LogP contribution in [-0.2, 0) is 16.1 Å². The lowest BCUT2D eigenvalue weighted by atomic mass is 9.79. The third kappa shape index (κ3) is 3.51. The van der Waals surface area contributed by atoms with Crippen LogP contribution in [0.2, 0.25) is 0 Å². The molecular formula is C15H21FN2O3. The fourth-order valence-electron chi connectivity index (χ4n) is 2.48. The quantitative estimate of drug-likeness (QED) is 0.856. The van der Waals surface area contributed by atoms with Gasteiger partial charge in [0, 0.05) is 26.3 Å². The molecule has 2 rings (SSSR count). The van der Waals surface area contributed by atoms with E-state index in [-0.39, 0.29) is 18.2 Å². The number of nitrogens with one attached hydrogen (secondary N) is 1. The van der Waals surface area contributed by atoms with Crippen molar-refractivity contribution < 1.29 is 18.7 Å². The van der Waals surface area contributed by atoms with Crippen molar-refractivity contribution in [3.05, 3.63) is 29.6 Å². The van der Waals surface area contributed by atoms with Gasteiger partial charge in [0.2, 0.25) is 5.91 Å². The van der Waals surface area contributed by atoms with Crippen molar-refractivity contribution in [1.29, 1.82) is 0 Å². The summed E-state index contributed by atoms with van der Waals surface area (Å²) in [5, 5.41) is 2.84. The monoisotopic (exact) mass is 296 g/mol. The van der Waals surface area contributed by atoms with Crippen LogP contribution < -0.4 is 15.8 Å². The average Bonchev–Trinajstić information content (AvgIpc) is 2.53. The van der Waals surface area contributed by atoms with E-state index < -0.39 is 11.2 Å². The number of ether oxygens (including phenoxy) is 2. The molecule has 5 nitrogen and oxygen atoms in total. The Labute approximate surface area is 123 Å². The predicted molar refractivity (Wildman–Crippen MR) is 76.3 cm³/mol. The van der Waals surface area contributed by atoms with Crippen molar-refractivity contribution in [2.45, 2.75) is 19.4 Å². The first kappa shape index (κ1) is 15.7. The first-order chi connectivity index (χ1) is 10.1. The van der Waals surface area contributed by atoms with E-state index >= 15 is 0 Å². The Morgan fingerprint density at radius 2 is 2.19 bits per heavy atom. The summed E-state index contributed by atoms with van der Waals surface area (Å²) in [6, 6.07) is 4.63. The molecule has 1 aromatic carbocycles. The summed E-state index contributed by atoms with van der Waals surface area (Å²) in [5.74, 6) is -0.346. The Kier molecular flexibility index (Phi) is 5.14. The Hall–Kier alpha value is -1.66. The van der Waals surface area contributed by atoms with Crippen molar-refractivity contribution in [2.75, 3.05) is 26.9 Å². The second-order valence-corrected chi connectivity index (χ2v) is 5.25. The molecule has 1 aliphatic heterocycles. The highest BCUT2D eigenvalue weighted by molar-refractivity contribution is 5.83. The minimum absolute atomic E-state index is 0.0930. The summed E-state index contributed by atoms with van der Waals surface area (Å²) >= 11 is 0. The fourth-order valence-corrected chi connectivity index (χ4v) is 2.48. The Balaban J connectivity index is 1.98. The molecule has 6 heteroatoms. The molecule has 1 amide bonds. The van der Waals surface area contributed by atoms with Crippen LogP contribution in [-0.4, -0.2) is 32.8 Å². The van der Waals surface area contributed by atoms with Gasteiger partial charge in [-0.3, -0.25) is 4.79 Å². The van der Waals surface area contributed by atoms with Crippen LogP contribution in [0.3, 0.4) is 0 Å². The molecule has 0 aromatic heterocycles. The predicted octanol–water partition coefficient (Wildman–Crippen LogP) is 1.21. The van der Waals surface area contributed by atoms with Gasteiger partial charge in [0.1, 0.15) is 0 Å². The third-order valence-corrected chi connectivity index (χ3v) is 3.99. The molecule has 21 heavy (non-hydrogen) atoms. The normalized spacial score (nSPS) is 17.3. The average molecular weight is 296 g/mol. The highest BCUT2D eigenvalue weighted by atomic mass is 19.1. The third-order valence-electron chi connectivity index (χ3n) is 3.99. The lowest BCUT2D eigenvalue weighted by Gasteiger charge is -2.34. The van der Waals surface area contributed by atoms with Crippen LogP contribution >= 0.6 is 0 Å². The van der Waals surface area contributed by atoms with Crippen LogP contribution in [0.5, 0.6) is 5.75 Å². The first-order valence-corrected chi connectivity index (χ1v) is 7.00. The molecule has 1 aromatic rings. The van der Waals surface area contributed by atoms with Gasteiger partial charge in [-0.25, -0.2) is 4.39 Å². The maximum atomic E-state index is 13.6. The summed E-state index contributed by atoms with van der Waals surface area (Å²) in [7, 11) is 1.41. The SMILES string of the molecule is COc1ccc(CNC(=O)C2(CN)CCOCC2)cc1F. The zero-order chi connectivity index (χ0) is 15.3. The lowest BCUT2D eigenvalue weighted by molar-refractivity contribution is -0.136. The van der Waals surface area contributed by atoms with Crippen LogP contribution in [0.4, 0.5) is 4.39 Å². The van der Waals surface area contributed by atoms with Gasteiger partial charge in [-0.05, 0) is 30.5 Å². The van der Waals surface area contributed by atoms with Gasteiger partial charge < -0.3 is 20.5 Å². The van der Waals surface area contributed by atoms with Crippen molar-refractivity contribution in [1.82, 2.24) is 5.32 Å². The molecule has 0 saturated carbocycles. The fraction of sp³-hybridized carbons (Fsp3) is 0.533. The second-order valence-electron chi connectivity index (χ2n) is 5.25. The number of rotatable bonds is 5. The first-order valence-electron chi connectivity index (χ1n) is 7.00. The van der Waals surface area contributed by atoms with E-state index in [1.165, 1.54) is 13.2 Å².